The molecule has 9 heteroatoms. The van der Waals surface area contributed by atoms with Crippen LogP contribution < -0.4 is 4.74 Å². The van der Waals surface area contributed by atoms with Gasteiger partial charge in [-0.1, -0.05) is 0 Å². The molecule has 1 fully saturated rings. The summed E-state index contributed by atoms with van der Waals surface area (Å²) in [6, 6.07) is 7.91. The number of hydrogen-bond acceptors (Lipinski definition) is 7. The number of H-pyrrole nitrogens is 1. The average Bonchev–Trinajstić information content (AvgIpc) is 3.38. The van der Waals surface area contributed by atoms with Gasteiger partial charge in [0.2, 0.25) is 5.91 Å². The van der Waals surface area contributed by atoms with Gasteiger partial charge in [-0.25, -0.2) is 9.97 Å². The van der Waals surface area contributed by atoms with Crippen molar-refractivity contribution in [3.05, 3.63) is 47.0 Å². The highest BCUT2D eigenvalue weighted by molar-refractivity contribution is 7.13. The Bertz CT molecular complexity index is 976. The maximum absolute atomic E-state index is 12.7. The van der Waals surface area contributed by atoms with Crippen molar-refractivity contribution < 1.29 is 9.53 Å². The van der Waals surface area contributed by atoms with Crippen molar-refractivity contribution in [3.8, 4) is 16.3 Å². The van der Waals surface area contributed by atoms with Gasteiger partial charge >= 0.3 is 0 Å². The molecule has 3 heterocycles. The molecule has 1 aromatic carbocycles. The molecule has 8 nitrogen and oxygen atoms in total. The molecule has 4 rings (SSSR count). The minimum atomic E-state index is 0.131. The van der Waals surface area contributed by atoms with Gasteiger partial charge in [-0.05, 0) is 38.1 Å². The van der Waals surface area contributed by atoms with Gasteiger partial charge in [0.05, 0.1) is 25.3 Å². The number of amides is 1. The molecule has 3 aromatic rings. The van der Waals surface area contributed by atoms with Gasteiger partial charge in [-0.15, -0.1) is 11.3 Å². The van der Waals surface area contributed by atoms with Gasteiger partial charge in [0.1, 0.15) is 16.6 Å². The van der Waals surface area contributed by atoms with E-state index in [2.05, 4.69) is 25.1 Å². The van der Waals surface area contributed by atoms with Crippen LogP contribution in [0.3, 0.4) is 0 Å². The molecule has 1 N–H and O–H groups in total. The van der Waals surface area contributed by atoms with Crippen LogP contribution >= 0.6 is 11.3 Å². The first-order valence-electron chi connectivity index (χ1n) is 10.2. The molecule has 1 aliphatic rings. The van der Waals surface area contributed by atoms with Crippen molar-refractivity contribution in [1.82, 2.24) is 30.0 Å². The van der Waals surface area contributed by atoms with Crippen LogP contribution in [-0.4, -0.2) is 68.7 Å². The number of benzene rings is 1. The van der Waals surface area contributed by atoms with E-state index in [9.17, 15) is 4.79 Å². The van der Waals surface area contributed by atoms with Crippen LogP contribution in [0.15, 0.2) is 29.6 Å². The molecule has 0 bridgehead atoms. The molecule has 0 aliphatic carbocycles. The smallest absolute Gasteiger partial charge is 0.228 e. The Hall–Kier alpha value is -2.78. The Labute approximate surface area is 179 Å². The fourth-order valence-corrected chi connectivity index (χ4v) is 4.29. The molecule has 0 atom stereocenters. The average molecular weight is 427 g/mol. The molecule has 1 aliphatic heterocycles. The lowest BCUT2D eigenvalue weighted by atomic mass is 10.2. The predicted octanol–water partition coefficient (Wildman–Crippen LogP) is 2.52. The summed E-state index contributed by atoms with van der Waals surface area (Å²) in [4.78, 5) is 25.9. The molecule has 0 saturated carbocycles. The maximum atomic E-state index is 12.7. The quantitative estimate of drug-likeness (QED) is 0.625. The number of thiazole rings is 1. The molecule has 1 amide bonds. The Kier molecular flexibility index (Phi) is 6.39. The maximum Gasteiger partial charge on any atom is 0.228 e. The van der Waals surface area contributed by atoms with E-state index in [1.807, 2.05) is 48.4 Å². The van der Waals surface area contributed by atoms with Gasteiger partial charge < -0.3 is 9.64 Å². The first-order chi connectivity index (χ1) is 14.6. The van der Waals surface area contributed by atoms with Crippen molar-refractivity contribution in [2.45, 2.75) is 26.8 Å². The molecule has 0 unspecified atom stereocenters. The predicted molar refractivity (Wildman–Crippen MR) is 115 cm³/mol. The van der Waals surface area contributed by atoms with Crippen molar-refractivity contribution >= 4 is 17.2 Å². The Morgan fingerprint density at radius 1 is 1.17 bits per heavy atom. The normalized spacial score (nSPS) is 14.8. The number of aromatic amines is 1. The summed E-state index contributed by atoms with van der Waals surface area (Å²) in [6.45, 7) is 8.32. The molecular weight excluding hydrogens is 400 g/mol. The minimum absolute atomic E-state index is 0.131. The topological polar surface area (TPSA) is 87.2 Å². The molecule has 158 valence electrons. The second-order valence-electron chi connectivity index (χ2n) is 7.27. The number of piperazine rings is 1. The largest absolute Gasteiger partial charge is 0.494 e. The SMILES string of the molecule is CCOc1ccc(-c2nc(CC(=O)N3CCN(Cc4n[nH]c(C)n4)CC3)cs2)cc1. The number of hydrogen-bond donors (Lipinski definition) is 1. The van der Waals surface area contributed by atoms with Crippen molar-refractivity contribution in [2.24, 2.45) is 0 Å². The van der Waals surface area contributed by atoms with Crippen molar-refractivity contribution in [3.63, 3.8) is 0 Å². The summed E-state index contributed by atoms with van der Waals surface area (Å²) < 4.78 is 5.48. The number of aromatic nitrogens is 4. The lowest BCUT2D eigenvalue weighted by Gasteiger charge is -2.34. The van der Waals surface area contributed by atoms with E-state index in [1.165, 1.54) is 0 Å². The molecule has 0 radical (unpaired) electrons. The highest BCUT2D eigenvalue weighted by Gasteiger charge is 2.22. The van der Waals surface area contributed by atoms with Crippen LogP contribution in [0.1, 0.15) is 24.3 Å². The van der Waals surface area contributed by atoms with Gasteiger partial charge in [-0.3, -0.25) is 14.8 Å². The van der Waals surface area contributed by atoms with Crippen LogP contribution in [-0.2, 0) is 17.8 Å². The molecule has 0 spiro atoms. The molecule has 2 aromatic heterocycles. The number of ether oxygens (including phenoxy) is 1. The number of carbonyl (C=O) groups is 1. The molecule has 1 saturated heterocycles. The number of aryl methyl sites for hydroxylation is 1. The van der Waals surface area contributed by atoms with E-state index in [-0.39, 0.29) is 5.91 Å². The minimum Gasteiger partial charge on any atom is -0.494 e. The number of nitrogens with zero attached hydrogens (tertiary/aromatic N) is 5. The van der Waals surface area contributed by atoms with E-state index in [1.54, 1.807) is 11.3 Å². The second kappa shape index (κ2) is 9.36. The molecular formula is C21H26N6O2S. The number of nitrogens with one attached hydrogen (secondary N) is 1. The summed E-state index contributed by atoms with van der Waals surface area (Å²) in [5.41, 5.74) is 1.87. The fourth-order valence-electron chi connectivity index (χ4n) is 3.46. The summed E-state index contributed by atoms with van der Waals surface area (Å²) in [5.74, 6) is 2.61. The summed E-state index contributed by atoms with van der Waals surface area (Å²) >= 11 is 1.57. The van der Waals surface area contributed by atoms with Gasteiger partial charge in [0.15, 0.2) is 5.82 Å². The highest BCUT2D eigenvalue weighted by Crippen LogP contribution is 2.26. The Morgan fingerprint density at radius 2 is 1.93 bits per heavy atom. The lowest BCUT2D eigenvalue weighted by Crippen LogP contribution is -2.48. The standard InChI is InChI=1S/C21H26N6O2S/c1-3-29-18-6-4-16(5-7-18)21-23-17(14-30-21)12-20(28)27-10-8-26(9-11-27)13-19-22-15(2)24-25-19/h4-7,14H,3,8-13H2,1-2H3,(H,22,24,25). The van der Waals surface area contributed by atoms with Gasteiger partial charge in [0, 0.05) is 37.1 Å². The zero-order valence-electron chi connectivity index (χ0n) is 17.3. The van der Waals surface area contributed by atoms with Crippen LogP contribution in [0.25, 0.3) is 10.6 Å². The summed E-state index contributed by atoms with van der Waals surface area (Å²) in [7, 11) is 0. The van der Waals surface area contributed by atoms with E-state index in [4.69, 9.17) is 4.74 Å². The van der Waals surface area contributed by atoms with Gasteiger partial charge in [0.25, 0.3) is 0 Å². The zero-order chi connectivity index (χ0) is 20.9. The first kappa shape index (κ1) is 20.5. The third-order valence-electron chi connectivity index (χ3n) is 5.03. The number of carbonyl (C=O) groups excluding carboxylic acids is 1. The Balaban J connectivity index is 1.28. The summed E-state index contributed by atoms with van der Waals surface area (Å²) in [6.07, 6.45) is 0.341. The van der Waals surface area contributed by atoms with E-state index in [0.717, 1.165) is 59.8 Å². The third-order valence-corrected chi connectivity index (χ3v) is 5.97. The molecule has 30 heavy (non-hydrogen) atoms. The van der Waals surface area contributed by atoms with Crippen LogP contribution in [0.4, 0.5) is 0 Å². The zero-order valence-corrected chi connectivity index (χ0v) is 18.1. The van der Waals surface area contributed by atoms with Crippen molar-refractivity contribution in [2.75, 3.05) is 32.8 Å². The van der Waals surface area contributed by atoms with Crippen LogP contribution in [0.5, 0.6) is 5.75 Å². The van der Waals surface area contributed by atoms with E-state index in [0.29, 0.717) is 19.6 Å². The van der Waals surface area contributed by atoms with Crippen LogP contribution in [0, 0.1) is 6.92 Å². The van der Waals surface area contributed by atoms with Crippen LogP contribution in [0.2, 0.25) is 0 Å². The first-order valence-corrected chi connectivity index (χ1v) is 11.0. The Morgan fingerprint density at radius 3 is 2.60 bits per heavy atom. The second-order valence-corrected chi connectivity index (χ2v) is 8.13. The monoisotopic (exact) mass is 426 g/mol. The number of rotatable bonds is 7. The van der Waals surface area contributed by atoms with E-state index < -0.39 is 0 Å². The lowest BCUT2D eigenvalue weighted by molar-refractivity contribution is -0.132. The van der Waals surface area contributed by atoms with Gasteiger partial charge in [-0.2, -0.15) is 5.10 Å². The van der Waals surface area contributed by atoms with E-state index >= 15 is 0 Å². The third kappa shape index (κ3) is 5.03. The van der Waals surface area contributed by atoms with Crippen molar-refractivity contribution in [1.29, 1.82) is 0 Å². The highest BCUT2D eigenvalue weighted by atomic mass is 32.1. The summed E-state index contributed by atoms with van der Waals surface area (Å²) in [5, 5.41) is 9.96. The fraction of sp³-hybridized carbons (Fsp3) is 0.429.